The van der Waals surface area contributed by atoms with Gasteiger partial charge in [-0.15, -0.1) is 0 Å². The lowest BCUT2D eigenvalue weighted by Gasteiger charge is -2.28. The number of carbonyl (C=O) groups excluding carboxylic acids is 1. The van der Waals surface area contributed by atoms with Gasteiger partial charge in [0.25, 0.3) is 5.91 Å². The van der Waals surface area contributed by atoms with E-state index in [0.29, 0.717) is 6.61 Å². The molecular weight excluding hydrogens is 314 g/mol. The first kappa shape index (κ1) is 19.8. The van der Waals surface area contributed by atoms with E-state index in [1.54, 1.807) is 0 Å². The van der Waals surface area contributed by atoms with Crippen molar-refractivity contribution in [3.63, 3.8) is 0 Å². The predicted octanol–water partition coefficient (Wildman–Crippen LogP) is 5.16. The van der Waals surface area contributed by atoms with Gasteiger partial charge in [0.05, 0.1) is 6.10 Å². The number of nitrogens with one attached hydrogen (secondary N) is 1. The molecule has 4 heteroatoms. The Morgan fingerprint density at radius 2 is 1.80 bits per heavy atom. The Labute approximate surface area is 152 Å². The van der Waals surface area contributed by atoms with E-state index < -0.39 is 5.60 Å². The number of rotatable bonds is 8. The highest BCUT2D eigenvalue weighted by atomic mass is 16.5. The minimum absolute atomic E-state index is 0.00663. The second-order valence-electron chi connectivity index (χ2n) is 7.28. The van der Waals surface area contributed by atoms with Crippen LogP contribution in [0.25, 0.3) is 0 Å². The van der Waals surface area contributed by atoms with E-state index in [1.165, 1.54) is 0 Å². The minimum Gasteiger partial charge on any atom is -0.490 e. The van der Waals surface area contributed by atoms with Gasteiger partial charge in [0.1, 0.15) is 11.4 Å². The number of aryl methyl sites for hydroxylation is 2. The SMILES string of the molecule is CCCOC1(C(=O)Nc2cc(C)c(OC(C)CC)c(C)c2)CCCC1. The van der Waals surface area contributed by atoms with Crippen LogP contribution < -0.4 is 10.1 Å². The summed E-state index contributed by atoms with van der Waals surface area (Å²) in [5, 5.41) is 3.09. The maximum absolute atomic E-state index is 12.9. The highest BCUT2D eigenvalue weighted by Crippen LogP contribution is 2.35. The van der Waals surface area contributed by atoms with Crippen molar-refractivity contribution in [1.82, 2.24) is 0 Å². The van der Waals surface area contributed by atoms with Crippen LogP contribution in [-0.4, -0.2) is 24.2 Å². The highest BCUT2D eigenvalue weighted by Gasteiger charge is 2.42. The Morgan fingerprint density at radius 3 is 2.32 bits per heavy atom. The van der Waals surface area contributed by atoms with Crippen molar-refractivity contribution in [2.24, 2.45) is 0 Å². The summed E-state index contributed by atoms with van der Waals surface area (Å²) in [6.45, 7) is 10.9. The standard InChI is InChI=1S/C21H33NO3/c1-6-12-24-21(10-8-9-11-21)20(23)22-18-13-15(3)19(16(4)14-18)25-17(5)7-2/h13-14,17H,6-12H2,1-5H3,(H,22,23). The lowest BCUT2D eigenvalue weighted by molar-refractivity contribution is -0.140. The van der Waals surface area contributed by atoms with Crippen LogP contribution in [0.1, 0.15) is 70.4 Å². The minimum atomic E-state index is -0.649. The van der Waals surface area contributed by atoms with Crippen molar-refractivity contribution < 1.29 is 14.3 Å². The van der Waals surface area contributed by atoms with Crippen molar-refractivity contribution in [3.05, 3.63) is 23.3 Å². The summed E-state index contributed by atoms with van der Waals surface area (Å²) >= 11 is 0. The second kappa shape index (κ2) is 8.70. The van der Waals surface area contributed by atoms with Gasteiger partial charge in [0, 0.05) is 12.3 Å². The number of ether oxygens (including phenoxy) is 2. The van der Waals surface area contributed by atoms with E-state index in [2.05, 4.69) is 26.1 Å². The summed E-state index contributed by atoms with van der Waals surface area (Å²) in [5.41, 5.74) is 2.27. The fraction of sp³-hybridized carbons (Fsp3) is 0.667. The molecule has 0 spiro atoms. The first-order valence-electron chi connectivity index (χ1n) is 9.65. The van der Waals surface area contributed by atoms with Crippen LogP contribution in [0, 0.1) is 13.8 Å². The molecule has 0 aromatic heterocycles. The topological polar surface area (TPSA) is 47.6 Å². The van der Waals surface area contributed by atoms with Crippen LogP contribution in [0.5, 0.6) is 5.75 Å². The number of amides is 1. The summed E-state index contributed by atoms with van der Waals surface area (Å²) in [5.74, 6) is 0.915. The summed E-state index contributed by atoms with van der Waals surface area (Å²) in [6, 6.07) is 3.98. The molecule has 0 heterocycles. The molecule has 1 aromatic rings. The fourth-order valence-electron chi connectivity index (χ4n) is 3.42. The molecule has 0 radical (unpaired) electrons. The largest absolute Gasteiger partial charge is 0.490 e. The second-order valence-corrected chi connectivity index (χ2v) is 7.28. The van der Waals surface area contributed by atoms with Gasteiger partial charge in [-0.1, -0.05) is 13.8 Å². The predicted molar refractivity (Wildman–Crippen MR) is 102 cm³/mol. The first-order valence-corrected chi connectivity index (χ1v) is 9.65. The van der Waals surface area contributed by atoms with Crippen molar-refractivity contribution in [2.45, 2.75) is 84.8 Å². The molecular formula is C21H33NO3. The normalized spacial score (nSPS) is 17.3. The van der Waals surface area contributed by atoms with Gasteiger partial charge < -0.3 is 14.8 Å². The van der Waals surface area contributed by atoms with Gasteiger partial charge in [0.15, 0.2) is 0 Å². The van der Waals surface area contributed by atoms with Gasteiger partial charge >= 0.3 is 0 Å². The average Bonchev–Trinajstić information content (AvgIpc) is 3.06. The zero-order chi connectivity index (χ0) is 18.4. The summed E-state index contributed by atoms with van der Waals surface area (Å²) in [7, 11) is 0. The van der Waals surface area contributed by atoms with Crippen LogP contribution in [0.4, 0.5) is 5.69 Å². The number of hydrogen-bond acceptors (Lipinski definition) is 3. The van der Waals surface area contributed by atoms with Crippen molar-refractivity contribution in [2.75, 3.05) is 11.9 Å². The van der Waals surface area contributed by atoms with Crippen LogP contribution in [0.2, 0.25) is 0 Å². The molecule has 1 fully saturated rings. The number of hydrogen-bond donors (Lipinski definition) is 1. The lowest BCUT2D eigenvalue weighted by Crippen LogP contribution is -2.43. The Balaban J connectivity index is 2.15. The molecule has 0 saturated heterocycles. The molecule has 0 aliphatic heterocycles. The van der Waals surface area contributed by atoms with E-state index in [4.69, 9.17) is 9.47 Å². The Morgan fingerprint density at radius 1 is 1.20 bits per heavy atom. The average molecular weight is 347 g/mol. The molecule has 1 amide bonds. The zero-order valence-corrected chi connectivity index (χ0v) is 16.4. The molecule has 1 aromatic carbocycles. The van der Waals surface area contributed by atoms with Crippen LogP contribution in [0.15, 0.2) is 12.1 Å². The molecule has 25 heavy (non-hydrogen) atoms. The zero-order valence-electron chi connectivity index (χ0n) is 16.4. The monoisotopic (exact) mass is 347 g/mol. The van der Waals surface area contributed by atoms with Gasteiger partial charge in [-0.3, -0.25) is 4.79 Å². The number of benzene rings is 1. The van der Waals surface area contributed by atoms with Gasteiger partial charge in [0.2, 0.25) is 0 Å². The van der Waals surface area contributed by atoms with Crippen molar-refractivity contribution in [3.8, 4) is 5.75 Å². The molecule has 1 aliphatic carbocycles. The molecule has 1 saturated carbocycles. The molecule has 4 nitrogen and oxygen atoms in total. The van der Waals surface area contributed by atoms with E-state index in [-0.39, 0.29) is 12.0 Å². The van der Waals surface area contributed by atoms with Crippen LogP contribution in [-0.2, 0) is 9.53 Å². The van der Waals surface area contributed by atoms with Crippen molar-refractivity contribution in [1.29, 1.82) is 0 Å². The van der Waals surface area contributed by atoms with E-state index in [9.17, 15) is 4.79 Å². The highest BCUT2D eigenvalue weighted by molar-refractivity contribution is 5.97. The maximum Gasteiger partial charge on any atom is 0.256 e. The number of anilines is 1. The van der Waals surface area contributed by atoms with Crippen LogP contribution >= 0.6 is 0 Å². The maximum atomic E-state index is 12.9. The lowest BCUT2D eigenvalue weighted by atomic mass is 10.00. The molecule has 2 rings (SSSR count). The third kappa shape index (κ3) is 4.75. The van der Waals surface area contributed by atoms with E-state index >= 15 is 0 Å². The molecule has 1 unspecified atom stereocenters. The molecule has 140 valence electrons. The summed E-state index contributed by atoms with van der Waals surface area (Å²) in [6.07, 6.45) is 5.80. The summed E-state index contributed by atoms with van der Waals surface area (Å²) < 4.78 is 12.0. The van der Waals surface area contributed by atoms with E-state index in [1.807, 2.05) is 26.0 Å². The molecule has 1 N–H and O–H groups in total. The Kier molecular flexibility index (Phi) is 6.88. The van der Waals surface area contributed by atoms with Gasteiger partial charge in [-0.2, -0.15) is 0 Å². The van der Waals surface area contributed by atoms with Crippen molar-refractivity contribution >= 4 is 11.6 Å². The Hall–Kier alpha value is -1.55. The Bertz CT molecular complexity index is 568. The molecule has 1 atom stereocenters. The van der Waals surface area contributed by atoms with Gasteiger partial charge in [-0.05, 0) is 82.6 Å². The summed E-state index contributed by atoms with van der Waals surface area (Å²) in [4.78, 5) is 12.9. The smallest absolute Gasteiger partial charge is 0.256 e. The van der Waals surface area contributed by atoms with Gasteiger partial charge in [-0.25, -0.2) is 0 Å². The van der Waals surface area contributed by atoms with E-state index in [0.717, 1.165) is 61.1 Å². The number of carbonyl (C=O) groups is 1. The fourth-order valence-corrected chi connectivity index (χ4v) is 3.42. The first-order chi connectivity index (χ1) is 11.9. The third-order valence-electron chi connectivity index (χ3n) is 5.02. The quantitative estimate of drug-likeness (QED) is 0.706. The molecule has 1 aliphatic rings. The molecule has 0 bridgehead atoms. The third-order valence-corrected chi connectivity index (χ3v) is 5.02. The van der Waals surface area contributed by atoms with Crippen LogP contribution in [0.3, 0.4) is 0 Å².